The topological polar surface area (TPSA) is 72.1 Å². The number of rotatable bonds is 6. The zero-order chi connectivity index (χ0) is 37.6. The number of benzene rings is 7. The molecule has 0 saturated carbocycles. The molecule has 0 atom stereocenters. The SMILES string of the molecule is N=C(N=C(N)c1ccccc1)c1cccc(-c2ccc3c4cc(-c5ccc6c(c5)c5ccccc5n6C5=CC=CC=C=C5)ccc4n(-c4ccccc4)c3c2)c1. The minimum absolute atomic E-state index is 0.121. The van der Waals surface area contributed by atoms with E-state index in [1.807, 2.05) is 66.8 Å². The van der Waals surface area contributed by atoms with Crippen molar-refractivity contribution in [3.8, 4) is 27.9 Å². The molecular formula is C51H35N5. The van der Waals surface area contributed by atoms with Crippen molar-refractivity contribution in [2.24, 2.45) is 10.7 Å². The molecule has 3 N–H and O–H groups in total. The van der Waals surface area contributed by atoms with E-state index in [2.05, 4.69) is 147 Å². The van der Waals surface area contributed by atoms with E-state index < -0.39 is 0 Å². The minimum Gasteiger partial charge on any atom is -0.383 e. The van der Waals surface area contributed by atoms with E-state index in [0.29, 0.717) is 11.4 Å². The van der Waals surface area contributed by atoms with E-state index >= 15 is 0 Å². The van der Waals surface area contributed by atoms with E-state index in [0.717, 1.165) is 50.2 Å². The van der Waals surface area contributed by atoms with Crippen LogP contribution in [0.25, 0.3) is 77.2 Å². The second kappa shape index (κ2) is 13.6. The third kappa shape index (κ3) is 5.68. The fraction of sp³-hybridized carbons (Fsp3) is 0. The number of aromatic nitrogens is 2. The number of hydrogen-bond donors (Lipinski definition) is 2. The lowest BCUT2D eigenvalue weighted by molar-refractivity contribution is 1.18. The fourth-order valence-corrected chi connectivity index (χ4v) is 7.96. The van der Waals surface area contributed by atoms with Crippen molar-refractivity contribution in [3.05, 3.63) is 211 Å². The van der Waals surface area contributed by atoms with Gasteiger partial charge in [0, 0.05) is 44.4 Å². The summed E-state index contributed by atoms with van der Waals surface area (Å²) < 4.78 is 4.67. The normalized spacial score (nSPS) is 12.9. The highest BCUT2D eigenvalue weighted by atomic mass is 15.0. The van der Waals surface area contributed by atoms with Crippen LogP contribution in [0, 0.1) is 5.41 Å². The molecule has 5 heteroatoms. The number of aliphatic imine (C=N–C) groups is 1. The predicted octanol–water partition coefficient (Wildman–Crippen LogP) is 12.1. The summed E-state index contributed by atoms with van der Waals surface area (Å²) in [4.78, 5) is 4.44. The Labute approximate surface area is 324 Å². The molecule has 1 aliphatic rings. The van der Waals surface area contributed by atoms with Gasteiger partial charge in [-0.1, -0.05) is 121 Å². The molecule has 56 heavy (non-hydrogen) atoms. The third-order valence-electron chi connectivity index (χ3n) is 10.6. The van der Waals surface area contributed by atoms with Gasteiger partial charge in [0.1, 0.15) is 5.84 Å². The van der Waals surface area contributed by atoms with Crippen LogP contribution in [0.15, 0.2) is 205 Å². The van der Waals surface area contributed by atoms with Crippen molar-refractivity contribution >= 4 is 61.0 Å². The van der Waals surface area contributed by atoms with Gasteiger partial charge in [0.15, 0.2) is 5.84 Å². The number of nitrogens with zero attached hydrogens (tertiary/aromatic N) is 3. The van der Waals surface area contributed by atoms with Gasteiger partial charge in [0.2, 0.25) is 0 Å². The van der Waals surface area contributed by atoms with E-state index in [-0.39, 0.29) is 5.84 Å². The van der Waals surface area contributed by atoms with E-state index in [1.54, 1.807) is 0 Å². The molecule has 1 aliphatic carbocycles. The number of fused-ring (bicyclic) bond motifs is 6. The zero-order valence-electron chi connectivity index (χ0n) is 30.4. The molecule has 2 aromatic heterocycles. The van der Waals surface area contributed by atoms with Gasteiger partial charge in [-0.2, -0.15) is 0 Å². The first-order chi connectivity index (χ1) is 27.6. The summed E-state index contributed by atoms with van der Waals surface area (Å²) in [5.41, 5.74) is 22.2. The summed E-state index contributed by atoms with van der Waals surface area (Å²) in [6.45, 7) is 0. The quantitative estimate of drug-likeness (QED) is 0.100. The Kier molecular flexibility index (Phi) is 7.99. The summed E-state index contributed by atoms with van der Waals surface area (Å²) in [5, 5.41) is 13.6. The van der Waals surface area contributed by atoms with Crippen LogP contribution in [0.5, 0.6) is 0 Å². The average molecular weight is 718 g/mol. The van der Waals surface area contributed by atoms with Crippen LogP contribution in [0.3, 0.4) is 0 Å². The van der Waals surface area contributed by atoms with Crippen molar-refractivity contribution in [3.63, 3.8) is 0 Å². The highest BCUT2D eigenvalue weighted by molar-refractivity contribution is 6.14. The lowest BCUT2D eigenvalue weighted by Gasteiger charge is -2.10. The first-order valence-corrected chi connectivity index (χ1v) is 18.7. The average Bonchev–Trinajstić information content (AvgIpc) is 3.61. The predicted molar refractivity (Wildman–Crippen MR) is 235 cm³/mol. The molecule has 10 rings (SSSR count). The standard InChI is InChI=1S/C51H35N5/c52-50(34-14-5-3-6-15-34)54-51(53)39-17-13-16-35(30-39)38-24-27-43-45-32-37(26-29-48(45)56(49(43)33-38)41-20-9-4-10-21-41)36-25-28-47-44(31-36)42-22-11-12-23-46(42)55(47)40-18-7-1-2-8-19-40/h1-7,9-33H,(H3,52,53,54). The van der Waals surface area contributed by atoms with Crippen molar-refractivity contribution < 1.29 is 0 Å². The Morgan fingerprint density at radius 1 is 0.500 bits per heavy atom. The minimum atomic E-state index is 0.121. The van der Waals surface area contributed by atoms with E-state index in [4.69, 9.17) is 11.1 Å². The van der Waals surface area contributed by atoms with Crippen LogP contribution < -0.4 is 5.73 Å². The number of amidine groups is 2. The first-order valence-electron chi connectivity index (χ1n) is 18.7. The second-order valence-corrected chi connectivity index (χ2v) is 14.0. The third-order valence-corrected chi connectivity index (χ3v) is 10.6. The maximum Gasteiger partial charge on any atom is 0.154 e. The van der Waals surface area contributed by atoms with Crippen LogP contribution in [0.2, 0.25) is 0 Å². The number of hydrogen-bond acceptors (Lipinski definition) is 1. The molecule has 0 fully saturated rings. The lowest BCUT2D eigenvalue weighted by atomic mass is 9.99. The van der Waals surface area contributed by atoms with Gasteiger partial charge in [0.05, 0.1) is 27.8 Å². The van der Waals surface area contributed by atoms with Gasteiger partial charge in [0.25, 0.3) is 0 Å². The summed E-state index contributed by atoms with van der Waals surface area (Å²) in [6.07, 6.45) is 10.2. The Hall–Kier alpha value is -7.72. The largest absolute Gasteiger partial charge is 0.383 e. The summed E-state index contributed by atoms with van der Waals surface area (Å²) >= 11 is 0. The molecule has 0 saturated heterocycles. The van der Waals surface area contributed by atoms with Crippen LogP contribution in [0.1, 0.15) is 11.1 Å². The molecule has 7 aromatic carbocycles. The van der Waals surface area contributed by atoms with Gasteiger partial charge >= 0.3 is 0 Å². The summed E-state index contributed by atoms with van der Waals surface area (Å²) in [5.74, 6) is 0.441. The maximum atomic E-state index is 8.77. The Balaban J connectivity index is 1.09. The lowest BCUT2D eigenvalue weighted by Crippen LogP contribution is -2.15. The van der Waals surface area contributed by atoms with E-state index in [9.17, 15) is 0 Å². The summed E-state index contributed by atoms with van der Waals surface area (Å²) in [6, 6.07) is 57.0. The van der Waals surface area contributed by atoms with Gasteiger partial charge in [-0.05, 0) is 89.0 Å². The molecule has 2 heterocycles. The molecule has 9 aromatic rings. The Morgan fingerprint density at radius 3 is 1.89 bits per heavy atom. The number of para-hydroxylation sites is 2. The zero-order valence-corrected chi connectivity index (χ0v) is 30.4. The fourth-order valence-electron chi connectivity index (χ4n) is 7.96. The Bertz CT molecular complexity index is 3180. The highest BCUT2D eigenvalue weighted by Gasteiger charge is 2.17. The Morgan fingerprint density at radius 2 is 1.11 bits per heavy atom. The van der Waals surface area contributed by atoms with Crippen molar-refractivity contribution in [2.75, 3.05) is 0 Å². The second-order valence-electron chi connectivity index (χ2n) is 14.0. The van der Waals surface area contributed by atoms with Crippen molar-refractivity contribution in [1.29, 1.82) is 5.41 Å². The molecule has 0 spiro atoms. The summed E-state index contributed by atoms with van der Waals surface area (Å²) in [7, 11) is 0. The maximum absolute atomic E-state index is 8.77. The van der Waals surface area contributed by atoms with Crippen LogP contribution in [0.4, 0.5) is 0 Å². The smallest absolute Gasteiger partial charge is 0.154 e. The van der Waals surface area contributed by atoms with Crippen molar-refractivity contribution in [1.82, 2.24) is 9.13 Å². The molecule has 0 unspecified atom stereocenters. The van der Waals surface area contributed by atoms with E-state index in [1.165, 1.54) is 32.6 Å². The van der Waals surface area contributed by atoms with Gasteiger partial charge in [-0.15, -0.1) is 5.73 Å². The van der Waals surface area contributed by atoms with Crippen molar-refractivity contribution in [2.45, 2.75) is 0 Å². The van der Waals surface area contributed by atoms with Gasteiger partial charge in [-0.25, -0.2) is 4.99 Å². The van der Waals surface area contributed by atoms with Crippen LogP contribution >= 0.6 is 0 Å². The molecule has 264 valence electrons. The molecule has 0 amide bonds. The highest BCUT2D eigenvalue weighted by Crippen LogP contribution is 2.39. The molecule has 0 bridgehead atoms. The van der Waals surface area contributed by atoms with Crippen LogP contribution in [-0.2, 0) is 0 Å². The number of nitrogens with two attached hydrogens (primary N) is 1. The van der Waals surface area contributed by atoms with Gasteiger partial charge < -0.3 is 14.9 Å². The molecular weight excluding hydrogens is 683 g/mol. The monoisotopic (exact) mass is 717 g/mol. The molecule has 5 nitrogen and oxygen atoms in total. The number of nitrogens with one attached hydrogen (secondary N) is 1. The van der Waals surface area contributed by atoms with Gasteiger partial charge in [-0.3, -0.25) is 5.41 Å². The molecule has 0 radical (unpaired) electrons. The first kappa shape index (κ1) is 32.9. The molecule has 0 aliphatic heterocycles. The van der Waals surface area contributed by atoms with Crippen LogP contribution in [-0.4, -0.2) is 20.8 Å². The number of allylic oxidation sites excluding steroid dienone is 5.